The van der Waals surface area contributed by atoms with Gasteiger partial charge < -0.3 is 23.7 Å². The summed E-state index contributed by atoms with van der Waals surface area (Å²) in [6.07, 6.45) is -1.17. The van der Waals surface area contributed by atoms with Crippen LogP contribution in [0.25, 0.3) is 0 Å². The summed E-state index contributed by atoms with van der Waals surface area (Å²) >= 11 is 0. The molecular weight excluding hydrogens is 376 g/mol. The van der Waals surface area contributed by atoms with E-state index in [2.05, 4.69) is 0 Å². The third-order valence-corrected chi connectivity index (χ3v) is 5.11. The molecule has 2 saturated heterocycles. The van der Waals surface area contributed by atoms with Gasteiger partial charge in [0, 0.05) is 7.11 Å². The van der Waals surface area contributed by atoms with Crippen LogP contribution in [-0.2, 0) is 18.9 Å². The van der Waals surface area contributed by atoms with E-state index in [4.69, 9.17) is 23.7 Å². The first-order chi connectivity index (χ1) is 14.0. The number of ether oxygens (including phenoxy) is 5. The van der Waals surface area contributed by atoms with Crippen LogP contribution in [0.3, 0.4) is 0 Å². The number of rotatable bonds is 5. The second kappa shape index (κ2) is 8.32. The third-order valence-electron chi connectivity index (χ3n) is 5.11. The molecule has 0 spiro atoms. The Balaban J connectivity index is 1.35. The number of benzene rings is 2. The quantitative estimate of drug-likeness (QED) is 0.566. The van der Waals surface area contributed by atoms with Crippen LogP contribution in [0.15, 0.2) is 48.5 Å². The van der Waals surface area contributed by atoms with Gasteiger partial charge in [-0.25, -0.2) is 9.59 Å². The molecule has 0 saturated carbocycles. The lowest BCUT2D eigenvalue weighted by Gasteiger charge is -2.16. The lowest BCUT2D eigenvalue weighted by Crippen LogP contribution is -2.34. The Morgan fingerprint density at radius 1 is 0.828 bits per heavy atom. The number of methoxy groups -OCH3 is 1. The van der Waals surface area contributed by atoms with Crippen LogP contribution in [-0.4, -0.2) is 56.7 Å². The van der Waals surface area contributed by atoms with Crippen molar-refractivity contribution in [2.45, 2.75) is 31.3 Å². The van der Waals surface area contributed by atoms with Crippen molar-refractivity contribution in [2.24, 2.45) is 0 Å². The fraction of sp³-hybridized carbons (Fsp3) is 0.364. The van der Waals surface area contributed by atoms with Crippen molar-refractivity contribution < 1.29 is 33.3 Å². The van der Waals surface area contributed by atoms with Gasteiger partial charge in [0.15, 0.2) is 6.10 Å². The van der Waals surface area contributed by atoms with E-state index in [1.165, 1.54) is 0 Å². The van der Waals surface area contributed by atoms with Crippen LogP contribution in [0.4, 0.5) is 0 Å². The lowest BCUT2D eigenvalue weighted by atomic mass is 10.1. The van der Waals surface area contributed by atoms with Crippen LogP contribution in [0.1, 0.15) is 26.3 Å². The largest absolute Gasteiger partial charge is 0.453 e. The molecule has 4 rings (SSSR count). The molecule has 0 aliphatic carbocycles. The molecule has 0 bridgehead atoms. The molecule has 0 amide bonds. The van der Waals surface area contributed by atoms with Gasteiger partial charge in [0.2, 0.25) is 0 Å². The average molecular weight is 398 g/mol. The maximum absolute atomic E-state index is 12.5. The van der Waals surface area contributed by atoms with Crippen molar-refractivity contribution in [1.82, 2.24) is 0 Å². The number of aryl methyl sites for hydroxylation is 1. The molecule has 29 heavy (non-hydrogen) atoms. The highest BCUT2D eigenvalue weighted by molar-refractivity contribution is 5.92. The van der Waals surface area contributed by atoms with Crippen LogP contribution in [0.2, 0.25) is 0 Å². The molecule has 2 aliphatic heterocycles. The summed E-state index contributed by atoms with van der Waals surface area (Å²) in [5, 5.41) is 0. The highest BCUT2D eigenvalue weighted by Gasteiger charge is 2.49. The van der Waals surface area contributed by atoms with Gasteiger partial charge in [-0.1, -0.05) is 17.7 Å². The number of fused-ring (bicyclic) bond motifs is 1. The van der Waals surface area contributed by atoms with E-state index < -0.39 is 18.0 Å². The van der Waals surface area contributed by atoms with Gasteiger partial charge in [-0.15, -0.1) is 0 Å². The Labute approximate surface area is 168 Å². The number of carbonyl (C=O) groups excluding carboxylic acids is 2. The van der Waals surface area contributed by atoms with Crippen LogP contribution in [0.5, 0.6) is 5.75 Å². The Morgan fingerprint density at radius 2 is 1.38 bits per heavy atom. The van der Waals surface area contributed by atoms with Gasteiger partial charge in [-0.3, -0.25) is 0 Å². The van der Waals surface area contributed by atoms with Crippen LogP contribution < -0.4 is 4.74 Å². The standard InChI is InChI=1S/C22H22O7/c1-13-3-5-14(6-4-13)21(23)28-16-9-7-15(8-10-16)22(24)29-18-12-27-19-17(25-2)11-26-20(18)19/h3-10,17-20H,11-12H2,1-2H3/t17-,18+,19?,20?/m0/s1. The molecule has 0 aromatic heterocycles. The Kier molecular flexibility index (Phi) is 5.62. The van der Waals surface area contributed by atoms with E-state index in [1.54, 1.807) is 43.5 Å². The Morgan fingerprint density at radius 3 is 2.03 bits per heavy atom. The van der Waals surface area contributed by atoms with Gasteiger partial charge in [-0.05, 0) is 43.3 Å². The molecule has 7 heteroatoms. The summed E-state index contributed by atoms with van der Waals surface area (Å²) in [5.74, 6) is -0.598. The zero-order valence-electron chi connectivity index (χ0n) is 16.2. The monoisotopic (exact) mass is 398 g/mol. The fourth-order valence-electron chi connectivity index (χ4n) is 3.45. The molecule has 2 unspecified atom stereocenters. The number of hydrogen-bond donors (Lipinski definition) is 0. The number of esters is 2. The highest BCUT2D eigenvalue weighted by Crippen LogP contribution is 2.30. The molecule has 0 radical (unpaired) electrons. The summed E-state index contributed by atoms with van der Waals surface area (Å²) in [5.41, 5.74) is 1.87. The lowest BCUT2D eigenvalue weighted by molar-refractivity contribution is -0.0280. The topological polar surface area (TPSA) is 80.3 Å². The molecule has 2 aromatic rings. The van der Waals surface area contributed by atoms with Crippen LogP contribution >= 0.6 is 0 Å². The summed E-state index contributed by atoms with van der Waals surface area (Å²) in [4.78, 5) is 24.6. The SMILES string of the molecule is CO[C@H]1COC2C1OC[C@H]2OC(=O)c1ccc(OC(=O)c2ccc(C)cc2)cc1. The fourth-order valence-corrected chi connectivity index (χ4v) is 3.45. The molecule has 2 aromatic carbocycles. The zero-order valence-corrected chi connectivity index (χ0v) is 16.2. The van der Waals surface area contributed by atoms with E-state index in [9.17, 15) is 9.59 Å². The summed E-state index contributed by atoms with van der Waals surface area (Å²) in [7, 11) is 1.60. The highest BCUT2D eigenvalue weighted by atomic mass is 16.6. The minimum atomic E-state index is -0.486. The van der Waals surface area contributed by atoms with E-state index in [0.29, 0.717) is 23.5 Å². The average Bonchev–Trinajstić information content (AvgIpc) is 3.31. The van der Waals surface area contributed by atoms with Gasteiger partial charge in [0.25, 0.3) is 0 Å². The first-order valence-corrected chi connectivity index (χ1v) is 9.41. The minimum absolute atomic E-state index is 0.147. The normalized spacial score (nSPS) is 25.4. The van der Waals surface area contributed by atoms with Gasteiger partial charge in [0.1, 0.15) is 24.1 Å². The van der Waals surface area contributed by atoms with Gasteiger partial charge >= 0.3 is 11.9 Å². The van der Waals surface area contributed by atoms with E-state index in [0.717, 1.165) is 5.56 Å². The number of hydrogen-bond acceptors (Lipinski definition) is 7. The smallest absolute Gasteiger partial charge is 0.343 e. The predicted octanol–water partition coefficient (Wildman–Crippen LogP) is 2.55. The third kappa shape index (κ3) is 4.17. The Hall–Kier alpha value is -2.74. The summed E-state index contributed by atoms with van der Waals surface area (Å²) in [6.45, 7) is 2.63. The molecule has 2 fully saturated rings. The van der Waals surface area contributed by atoms with E-state index in [-0.39, 0.29) is 24.9 Å². The summed E-state index contributed by atoms with van der Waals surface area (Å²) in [6, 6.07) is 13.3. The predicted molar refractivity (Wildman–Crippen MR) is 102 cm³/mol. The molecule has 4 atom stereocenters. The Bertz CT molecular complexity index is 875. The maximum atomic E-state index is 12.5. The van der Waals surface area contributed by atoms with E-state index in [1.807, 2.05) is 19.1 Å². The second-order valence-electron chi connectivity index (χ2n) is 7.09. The van der Waals surface area contributed by atoms with E-state index >= 15 is 0 Å². The van der Waals surface area contributed by atoms with Crippen molar-refractivity contribution in [3.8, 4) is 5.75 Å². The van der Waals surface area contributed by atoms with Crippen LogP contribution in [0, 0.1) is 6.92 Å². The zero-order chi connectivity index (χ0) is 20.4. The van der Waals surface area contributed by atoms with Gasteiger partial charge in [0.05, 0.1) is 24.3 Å². The molecule has 0 N–H and O–H groups in total. The van der Waals surface area contributed by atoms with Crippen molar-refractivity contribution in [3.63, 3.8) is 0 Å². The maximum Gasteiger partial charge on any atom is 0.343 e. The van der Waals surface area contributed by atoms with Crippen molar-refractivity contribution in [1.29, 1.82) is 0 Å². The first-order valence-electron chi connectivity index (χ1n) is 9.41. The van der Waals surface area contributed by atoms with Crippen molar-refractivity contribution in [3.05, 3.63) is 65.2 Å². The first kappa shape index (κ1) is 19.6. The minimum Gasteiger partial charge on any atom is -0.453 e. The molecule has 2 heterocycles. The molecular formula is C22H22O7. The molecule has 7 nitrogen and oxygen atoms in total. The number of carbonyl (C=O) groups is 2. The van der Waals surface area contributed by atoms with Crippen molar-refractivity contribution >= 4 is 11.9 Å². The van der Waals surface area contributed by atoms with Gasteiger partial charge in [-0.2, -0.15) is 0 Å². The molecule has 152 valence electrons. The summed E-state index contributed by atoms with van der Waals surface area (Å²) < 4.78 is 27.5. The molecule has 2 aliphatic rings. The second-order valence-corrected chi connectivity index (χ2v) is 7.09. The van der Waals surface area contributed by atoms with Crippen molar-refractivity contribution in [2.75, 3.05) is 20.3 Å².